The molecule has 1 spiro atoms. The molecule has 2 aromatic carbocycles. The van der Waals surface area contributed by atoms with Crippen molar-refractivity contribution in [2.75, 3.05) is 12.8 Å². The lowest BCUT2D eigenvalue weighted by molar-refractivity contribution is 0.104. The summed E-state index contributed by atoms with van der Waals surface area (Å²) < 4.78 is 5.25. The van der Waals surface area contributed by atoms with Crippen molar-refractivity contribution in [1.82, 2.24) is 4.98 Å². The molecule has 0 radical (unpaired) electrons. The van der Waals surface area contributed by atoms with Crippen LogP contribution in [0.2, 0.25) is 0 Å². The zero-order valence-electron chi connectivity index (χ0n) is 20.6. The Bertz CT molecular complexity index is 1480. The first-order chi connectivity index (χ1) is 18.0. The number of aromatic nitrogens is 1. The first kappa shape index (κ1) is 23.9. The van der Waals surface area contributed by atoms with Crippen molar-refractivity contribution < 1.29 is 9.53 Å². The molecule has 4 N–H and O–H groups in total. The molecule has 2 aromatic heterocycles. The first-order valence-corrected chi connectivity index (χ1v) is 14.2. The van der Waals surface area contributed by atoms with Gasteiger partial charge in [0.15, 0.2) is 0 Å². The Morgan fingerprint density at radius 2 is 1.76 bits per heavy atom. The van der Waals surface area contributed by atoms with Gasteiger partial charge in [0.25, 0.3) is 0 Å². The highest BCUT2D eigenvalue weighted by Crippen LogP contribution is 2.59. The van der Waals surface area contributed by atoms with Gasteiger partial charge in [-0.3, -0.25) is 4.79 Å². The lowest BCUT2D eigenvalue weighted by atomic mass is 9.60. The fourth-order valence-electron chi connectivity index (χ4n) is 5.89. The molecule has 1 fully saturated rings. The van der Waals surface area contributed by atoms with Crippen LogP contribution in [0.15, 0.2) is 65.0 Å². The number of nitrogen functional groups attached to an aromatic ring is 1. The first-order valence-electron chi connectivity index (χ1n) is 12.5. The number of ketones is 1. The van der Waals surface area contributed by atoms with Crippen molar-refractivity contribution in [3.63, 3.8) is 0 Å². The van der Waals surface area contributed by atoms with Crippen LogP contribution in [-0.4, -0.2) is 23.7 Å². The fraction of sp³-hybridized carbons (Fsp3) is 0.276. The molecule has 37 heavy (non-hydrogen) atoms. The number of nitrogens with two attached hydrogens (primary N) is 2. The van der Waals surface area contributed by atoms with Crippen LogP contribution >= 0.6 is 22.7 Å². The number of methoxy groups -OCH3 is 1. The quantitative estimate of drug-likeness (QED) is 0.281. The van der Waals surface area contributed by atoms with Gasteiger partial charge in [-0.05, 0) is 37.1 Å². The highest BCUT2D eigenvalue weighted by atomic mass is 32.1. The van der Waals surface area contributed by atoms with Crippen LogP contribution < -0.4 is 16.2 Å². The maximum atomic E-state index is 13.5. The molecule has 1 aliphatic heterocycles. The fourth-order valence-corrected chi connectivity index (χ4v) is 8.13. The van der Waals surface area contributed by atoms with E-state index in [0.29, 0.717) is 27.7 Å². The van der Waals surface area contributed by atoms with Crippen LogP contribution in [0.1, 0.15) is 63.8 Å². The van der Waals surface area contributed by atoms with Gasteiger partial charge in [-0.2, -0.15) is 0 Å². The summed E-state index contributed by atoms with van der Waals surface area (Å²) in [4.78, 5) is 24.0. The third-order valence-electron chi connectivity index (χ3n) is 7.65. The summed E-state index contributed by atoms with van der Waals surface area (Å²) in [6, 6.07) is 17.3. The largest absolute Gasteiger partial charge is 0.497 e. The Hall–Kier alpha value is -3.49. The third kappa shape index (κ3) is 3.95. The van der Waals surface area contributed by atoms with E-state index in [9.17, 15) is 4.79 Å². The number of ether oxygens (including phenoxy) is 1. The Balaban J connectivity index is 1.45. The van der Waals surface area contributed by atoms with E-state index in [1.807, 2.05) is 18.2 Å². The van der Waals surface area contributed by atoms with E-state index >= 15 is 0 Å². The summed E-state index contributed by atoms with van der Waals surface area (Å²) in [6.07, 6.45) is 5.22. The SMILES string of the molecule is COc1ccc(C(=O)c2sc3c(c2N)C2(CCCCC2)[C@@H](c2nc(-c4ccccc4)cs2)C(N)=N3)cc1. The molecule has 0 amide bonds. The van der Waals surface area contributed by atoms with Gasteiger partial charge in [-0.15, -0.1) is 22.7 Å². The van der Waals surface area contributed by atoms with Crippen LogP contribution in [0.25, 0.3) is 11.3 Å². The number of thiazole rings is 1. The van der Waals surface area contributed by atoms with Crippen molar-refractivity contribution in [3.05, 3.63) is 81.0 Å². The van der Waals surface area contributed by atoms with Crippen molar-refractivity contribution in [2.24, 2.45) is 10.7 Å². The molecule has 2 aliphatic rings. The molecule has 3 heterocycles. The van der Waals surface area contributed by atoms with Crippen LogP contribution in [0, 0.1) is 0 Å². The van der Waals surface area contributed by atoms with Gasteiger partial charge < -0.3 is 16.2 Å². The van der Waals surface area contributed by atoms with Crippen LogP contribution in [0.5, 0.6) is 5.75 Å². The second kappa shape index (κ2) is 9.43. The van der Waals surface area contributed by atoms with Crippen molar-refractivity contribution >= 4 is 45.0 Å². The number of hydrogen-bond donors (Lipinski definition) is 2. The second-order valence-corrected chi connectivity index (χ2v) is 11.6. The molecule has 0 saturated heterocycles. The Kier molecular flexibility index (Phi) is 6.09. The number of hydrogen-bond acceptors (Lipinski definition) is 8. The third-order valence-corrected chi connectivity index (χ3v) is 9.65. The lowest BCUT2D eigenvalue weighted by Gasteiger charge is -2.45. The zero-order chi connectivity index (χ0) is 25.6. The smallest absolute Gasteiger partial charge is 0.205 e. The van der Waals surface area contributed by atoms with Gasteiger partial charge in [-0.1, -0.05) is 49.6 Å². The Morgan fingerprint density at radius 1 is 1.03 bits per heavy atom. The van der Waals surface area contributed by atoms with Gasteiger partial charge in [0.1, 0.15) is 26.5 Å². The number of amidine groups is 1. The van der Waals surface area contributed by atoms with E-state index in [4.69, 9.17) is 26.2 Å². The average Bonchev–Trinajstić information content (AvgIpc) is 3.54. The van der Waals surface area contributed by atoms with Gasteiger partial charge in [0, 0.05) is 27.5 Å². The normalized spacial score (nSPS) is 18.3. The predicted molar refractivity (Wildman–Crippen MR) is 151 cm³/mol. The lowest BCUT2D eigenvalue weighted by Crippen LogP contribution is -2.44. The number of aliphatic imine (C=N–C) groups is 1. The van der Waals surface area contributed by atoms with Gasteiger partial charge >= 0.3 is 0 Å². The van der Waals surface area contributed by atoms with Gasteiger partial charge in [0.2, 0.25) is 5.78 Å². The monoisotopic (exact) mass is 528 g/mol. The highest BCUT2D eigenvalue weighted by Gasteiger charge is 2.51. The van der Waals surface area contributed by atoms with E-state index in [0.717, 1.165) is 52.5 Å². The average molecular weight is 529 g/mol. The Morgan fingerprint density at radius 3 is 2.46 bits per heavy atom. The predicted octanol–water partition coefficient (Wildman–Crippen LogP) is 6.68. The minimum atomic E-state index is -0.315. The second-order valence-electron chi connectivity index (χ2n) is 9.71. The summed E-state index contributed by atoms with van der Waals surface area (Å²) >= 11 is 2.98. The molecule has 1 saturated carbocycles. The van der Waals surface area contributed by atoms with Gasteiger partial charge in [0.05, 0.1) is 24.4 Å². The van der Waals surface area contributed by atoms with E-state index in [1.165, 1.54) is 17.8 Å². The maximum absolute atomic E-state index is 13.5. The topological polar surface area (TPSA) is 104 Å². The van der Waals surface area contributed by atoms with E-state index < -0.39 is 0 Å². The van der Waals surface area contributed by atoms with Crippen molar-refractivity contribution in [1.29, 1.82) is 0 Å². The number of carbonyl (C=O) groups is 1. The summed E-state index contributed by atoms with van der Waals surface area (Å²) in [5, 5.41) is 3.82. The van der Waals surface area contributed by atoms with E-state index in [1.54, 1.807) is 42.7 Å². The molecule has 6 rings (SSSR count). The van der Waals surface area contributed by atoms with Crippen LogP contribution in [0.4, 0.5) is 10.7 Å². The number of fused-ring (bicyclic) bond motifs is 2. The minimum Gasteiger partial charge on any atom is -0.497 e. The minimum absolute atomic E-state index is 0.101. The highest BCUT2D eigenvalue weighted by molar-refractivity contribution is 7.18. The number of rotatable bonds is 5. The van der Waals surface area contributed by atoms with E-state index in [-0.39, 0.29) is 17.1 Å². The molecule has 8 heteroatoms. The maximum Gasteiger partial charge on any atom is 0.205 e. The Labute approximate surface area is 224 Å². The zero-order valence-corrected chi connectivity index (χ0v) is 22.2. The van der Waals surface area contributed by atoms with Gasteiger partial charge in [-0.25, -0.2) is 9.98 Å². The van der Waals surface area contributed by atoms with Crippen LogP contribution in [0.3, 0.4) is 0 Å². The number of nitrogens with zero attached hydrogens (tertiary/aromatic N) is 2. The number of carbonyl (C=O) groups excluding carboxylic acids is 1. The summed E-state index contributed by atoms with van der Waals surface area (Å²) in [5.41, 5.74) is 17.4. The molecule has 0 bridgehead atoms. The summed E-state index contributed by atoms with van der Waals surface area (Å²) in [6.45, 7) is 0. The molecule has 0 unspecified atom stereocenters. The molecule has 188 valence electrons. The molecule has 6 nitrogen and oxygen atoms in total. The van der Waals surface area contributed by atoms with E-state index in [2.05, 4.69) is 17.5 Å². The number of anilines is 1. The summed E-state index contributed by atoms with van der Waals surface area (Å²) in [5.74, 6) is 1.00. The number of thiophene rings is 1. The summed E-state index contributed by atoms with van der Waals surface area (Å²) in [7, 11) is 1.61. The van der Waals surface area contributed by atoms with Crippen molar-refractivity contribution in [2.45, 2.75) is 43.4 Å². The molecular weight excluding hydrogens is 500 g/mol. The number of benzene rings is 2. The molecule has 1 atom stereocenters. The molecule has 1 aliphatic carbocycles. The standard InChI is InChI=1S/C29H28N4O2S2/c1-35-19-12-10-18(11-13-19)24(34)25-23(30)21-28(37-25)33-26(31)22(29(21)14-6-3-7-15-29)27-32-20(16-36-27)17-8-4-2-5-9-17/h2,4-5,8-13,16,22H,3,6-7,14-15,30H2,1H3,(H2,31,33)/t22-/m1/s1. The molecular formula is C29H28N4O2S2. The van der Waals surface area contributed by atoms with Crippen LogP contribution in [-0.2, 0) is 5.41 Å². The molecule has 4 aromatic rings. The van der Waals surface area contributed by atoms with Crippen molar-refractivity contribution in [3.8, 4) is 17.0 Å².